The number of rotatable bonds is 8. The summed E-state index contributed by atoms with van der Waals surface area (Å²) in [5.74, 6) is 1.30. The fraction of sp³-hybridized carbons (Fsp3) is 0.261. The van der Waals surface area contributed by atoms with Gasteiger partial charge < -0.3 is 14.8 Å². The van der Waals surface area contributed by atoms with Crippen LogP contribution in [-0.2, 0) is 9.59 Å². The first-order valence-corrected chi connectivity index (χ1v) is 12.2. The maximum Gasteiger partial charge on any atom is 0.266 e. The molecule has 32 heavy (non-hydrogen) atoms. The predicted molar refractivity (Wildman–Crippen MR) is 134 cm³/mol. The third-order valence-corrected chi connectivity index (χ3v) is 6.89. The lowest BCUT2D eigenvalue weighted by atomic mass is 10.1. The second-order valence-corrected chi connectivity index (χ2v) is 9.90. The quantitative estimate of drug-likeness (QED) is 0.272. The number of carbonyl (C=O) groups excluding carboxylic acids is 2. The van der Waals surface area contributed by atoms with E-state index in [1.807, 2.05) is 48.5 Å². The van der Waals surface area contributed by atoms with E-state index in [1.54, 1.807) is 4.90 Å². The second kappa shape index (κ2) is 10.5. The molecule has 0 radical (unpaired) electrons. The van der Waals surface area contributed by atoms with E-state index in [0.717, 1.165) is 35.0 Å². The Morgan fingerprint density at radius 2 is 1.91 bits per heavy atom. The van der Waals surface area contributed by atoms with Crippen molar-refractivity contribution in [3.05, 3.63) is 57.4 Å². The molecule has 2 aromatic carbocycles. The summed E-state index contributed by atoms with van der Waals surface area (Å²) < 4.78 is 12.2. The fourth-order valence-corrected chi connectivity index (χ4v) is 4.91. The highest BCUT2D eigenvalue weighted by atomic mass is 79.9. The average Bonchev–Trinajstić information content (AvgIpc) is 3.34. The number of benzene rings is 2. The Kier molecular flexibility index (Phi) is 7.49. The van der Waals surface area contributed by atoms with Crippen molar-refractivity contribution < 1.29 is 19.1 Å². The predicted octanol–water partition coefficient (Wildman–Crippen LogP) is 5.58. The fourth-order valence-electron chi connectivity index (χ4n) is 3.34. The molecule has 0 spiro atoms. The molecule has 6 nitrogen and oxygen atoms in total. The van der Waals surface area contributed by atoms with Crippen LogP contribution in [0.4, 0.5) is 5.69 Å². The lowest BCUT2D eigenvalue weighted by Crippen LogP contribution is -2.29. The van der Waals surface area contributed by atoms with E-state index in [-0.39, 0.29) is 18.6 Å². The van der Waals surface area contributed by atoms with Crippen LogP contribution >= 0.6 is 39.9 Å². The molecule has 4 rings (SSSR count). The van der Waals surface area contributed by atoms with E-state index < -0.39 is 0 Å². The van der Waals surface area contributed by atoms with Crippen LogP contribution in [0.15, 0.2) is 51.8 Å². The number of hydrogen-bond acceptors (Lipinski definition) is 6. The monoisotopic (exact) mass is 532 g/mol. The first kappa shape index (κ1) is 22.8. The van der Waals surface area contributed by atoms with Crippen molar-refractivity contribution in [3.63, 3.8) is 0 Å². The molecule has 1 saturated heterocycles. The minimum atomic E-state index is -0.0781. The lowest BCUT2D eigenvalue weighted by molar-refractivity contribution is -0.122. The molecule has 1 fully saturated rings. The van der Waals surface area contributed by atoms with Crippen molar-refractivity contribution in [2.24, 2.45) is 0 Å². The average molecular weight is 533 g/mol. The zero-order chi connectivity index (χ0) is 22.5. The third-order valence-electron chi connectivity index (χ3n) is 4.98. The number of halogens is 1. The standard InChI is InChI=1S/C23H21BrN2O4S2/c24-16-6-8-17(9-7-16)25-21(27)4-2-1-3-11-26-22(28)20(32-23(26)31)13-15-5-10-18-19(12-15)30-14-29-18/h5-10,12-13H,1-4,11,14H2,(H,25,27)/b20-13-. The Labute approximate surface area is 204 Å². The molecular formula is C23H21BrN2O4S2. The minimum Gasteiger partial charge on any atom is -0.454 e. The van der Waals surface area contributed by atoms with E-state index in [1.165, 1.54) is 11.8 Å². The Morgan fingerprint density at radius 1 is 1.12 bits per heavy atom. The molecule has 1 N–H and O–H groups in total. The molecule has 0 aromatic heterocycles. The topological polar surface area (TPSA) is 67.9 Å². The van der Waals surface area contributed by atoms with Crippen molar-refractivity contribution in [1.82, 2.24) is 4.90 Å². The van der Waals surface area contributed by atoms with Gasteiger partial charge in [0.15, 0.2) is 11.5 Å². The number of hydrogen-bond donors (Lipinski definition) is 1. The maximum atomic E-state index is 12.8. The Morgan fingerprint density at radius 3 is 2.72 bits per heavy atom. The normalized spacial score (nSPS) is 16.2. The zero-order valence-electron chi connectivity index (χ0n) is 17.1. The molecule has 0 atom stereocenters. The summed E-state index contributed by atoms with van der Waals surface area (Å²) >= 11 is 10.1. The number of anilines is 1. The highest BCUT2D eigenvalue weighted by Gasteiger charge is 2.31. The zero-order valence-corrected chi connectivity index (χ0v) is 20.4. The highest BCUT2D eigenvalue weighted by molar-refractivity contribution is 9.10. The van der Waals surface area contributed by atoms with E-state index in [4.69, 9.17) is 21.7 Å². The van der Waals surface area contributed by atoms with Gasteiger partial charge in [-0.15, -0.1) is 0 Å². The van der Waals surface area contributed by atoms with Crippen LogP contribution in [0.2, 0.25) is 0 Å². The molecule has 2 aliphatic rings. The summed E-state index contributed by atoms with van der Waals surface area (Å²) in [5, 5.41) is 2.89. The molecule has 2 heterocycles. The smallest absolute Gasteiger partial charge is 0.266 e. The number of ether oxygens (including phenoxy) is 2. The number of carbonyl (C=O) groups is 2. The summed E-state index contributed by atoms with van der Waals surface area (Å²) in [6.45, 7) is 0.768. The van der Waals surface area contributed by atoms with Crippen LogP contribution in [0.1, 0.15) is 31.2 Å². The van der Waals surface area contributed by atoms with Gasteiger partial charge in [-0.05, 0) is 60.9 Å². The molecule has 0 bridgehead atoms. The van der Waals surface area contributed by atoms with Crippen LogP contribution in [0, 0.1) is 0 Å². The van der Waals surface area contributed by atoms with Crippen LogP contribution in [0.5, 0.6) is 11.5 Å². The molecular weight excluding hydrogens is 512 g/mol. The van der Waals surface area contributed by atoms with Crippen molar-refractivity contribution >= 4 is 67.8 Å². The number of nitrogens with zero attached hydrogens (tertiary/aromatic N) is 1. The van der Waals surface area contributed by atoms with Gasteiger partial charge in [0.05, 0.1) is 4.91 Å². The third kappa shape index (κ3) is 5.70. The Balaban J connectivity index is 1.22. The number of nitrogens with one attached hydrogen (secondary N) is 1. The number of thioether (sulfide) groups is 1. The first-order chi connectivity index (χ1) is 15.5. The summed E-state index contributed by atoms with van der Waals surface area (Å²) in [4.78, 5) is 27.1. The summed E-state index contributed by atoms with van der Waals surface area (Å²) in [6.07, 6.45) is 4.65. The van der Waals surface area contributed by atoms with Gasteiger partial charge >= 0.3 is 0 Å². The van der Waals surface area contributed by atoms with Gasteiger partial charge in [-0.25, -0.2) is 0 Å². The molecule has 0 unspecified atom stereocenters. The number of unbranched alkanes of at least 4 members (excludes halogenated alkanes) is 2. The van der Waals surface area contributed by atoms with Crippen molar-refractivity contribution in [2.45, 2.75) is 25.7 Å². The summed E-state index contributed by atoms with van der Waals surface area (Å²) in [6, 6.07) is 13.1. The van der Waals surface area contributed by atoms with Gasteiger partial charge in [-0.1, -0.05) is 52.4 Å². The van der Waals surface area contributed by atoms with E-state index >= 15 is 0 Å². The van der Waals surface area contributed by atoms with Gasteiger partial charge in [0.2, 0.25) is 12.7 Å². The SMILES string of the molecule is O=C(CCCCCN1C(=O)/C(=C/c2ccc3c(c2)OCO3)SC1=S)Nc1ccc(Br)cc1. The highest BCUT2D eigenvalue weighted by Crippen LogP contribution is 2.36. The summed E-state index contributed by atoms with van der Waals surface area (Å²) in [5.41, 5.74) is 1.65. The molecule has 2 aromatic rings. The van der Waals surface area contributed by atoms with Gasteiger partial charge in [-0.3, -0.25) is 14.5 Å². The first-order valence-electron chi connectivity index (χ1n) is 10.2. The van der Waals surface area contributed by atoms with Gasteiger partial charge in [0.25, 0.3) is 5.91 Å². The minimum absolute atomic E-state index is 0.00964. The van der Waals surface area contributed by atoms with Crippen LogP contribution in [-0.4, -0.2) is 34.4 Å². The number of thiocarbonyl (C=S) groups is 1. The van der Waals surface area contributed by atoms with Crippen LogP contribution in [0.3, 0.4) is 0 Å². The Bertz CT molecular complexity index is 1070. The van der Waals surface area contributed by atoms with Crippen molar-refractivity contribution in [1.29, 1.82) is 0 Å². The van der Waals surface area contributed by atoms with Crippen molar-refractivity contribution in [2.75, 3.05) is 18.7 Å². The largest absolute Gasteiger partial charge is 0.454 e. The molecule has 0 aliphatic carbocycles. The molecule has 0 saturated carbocycles. The molecule has 9 heteroatoms. The number of fused-ring (bicyclic) bond motifs is 1. The maximum absolute atomic E-state index is 12.8. The van der Waals surface area contributed by atoms with Crippen molar-refractivity contribution in [3.8, 4) is 11.5 Å². The molecule has 2 amide bonds. The van der Waals surface area contributed by atoms with E-state index in [2.05, 4.69) is 21.2 Å². The molecule has 166 valence electrons. The second-order valence-electron chi connectivity index (χ2n) is 7.31. The van der Waals surface area contributed by atoms with Crippen LogP contribution < -0.4 is 14.8 Å². The van der Waals surface area contributed by atoms with Crippen LogP contribution in [0.25, 0.3) is 6.08 Å². The van der Waals surface area contributed by atoms with Gasteiger partial charge in [0, 0.05) is 23.1 Å². The Hall–Kier alpha value is -2.36. The van der Waals surface area contributed by atoms with Gasteiger partial charge in [0.1, 0.15) is 4.32 Å². The van der Waals surface area contributed by atoms with E-state index in [9.17, 15) is 9.59 Å². The van der Waals surface area contributed by atoms with Gasteiger partial charge in [-0.2, -0.15) is 0 Å². The lowest BCUT2D eigenvalue weighted by Gasteiger charge is -2.14. The van der Waals surface area contributed by atoms with E-state index in [0.29, 0.717) is 33.7 Å². The molecule has 2 aliphatic heterocycles. The number of amides is 2. The summed E-state index contributed by atoms with van der Waals surface area (Å²) in [7, 11) is 0.